The van der Waals surface area contributed by atoms with E-state index in [1.165, 1.54) is 59.2 Å². The van der Waals surface area contributed by atoms with Crippen LogP contribution in [0.5, 0.6) is 0 Å². The van der Waals surface area contributed by atoms with Crippen LogP contribution in [-0.2, 0) is 24.7 Å². The number of benzene rings is 5. The molecule has 0 aliphatic heterocycles. The summed E-state index contributed by atoms with van der Waals surface area (Å²) in [5.41, 5.74) is -5.26. The van der Waals surface area contributed by atoms with Gasteiger partial charge in [0.25, 0.3) is 0 Å². The Morgan fingerprint density at radius 2 is 0.930 bits per heavy atom. The van der Waals surface area contributed by atoms with Crippen LogP contribution in [0.3, 0.4) is 0 Å². The van der Waals surface area contributed by atoms with E-state index in [2.05, 4.69) is 16.0 Å². The molecule has 0 saturated carbocycles. The number of hydrogen-bond donors (Lipinski definition) is 0. The van der Waals surface area contributed by atoms with Crippen LogP contribution < -0.4 is 0 Å². The highest BCUT2D eigenvalue weighted by molar-refractivity contribution is 6.11. The lowest BCUT2D eigenvalue weighted by Crippen LogP contribution is -2.11. The van der Waals surface area contributed by atoms with Gasteiger partial charge in [-0.1, -0.05) is 24.3 Å². The lowest BCUT2D eigenvalue weighted by atomic mass is 9.97. The van der Waals surface area contributed by atoms with Crippen LogP contribution in [-0.4, -0.2) is 14.5 Å². The molecule has 0 N–H and O–H groups in total. The van der Waals surface area contributed by atoms with Gasteiger partial charge in [0.15, 0.2) is 0 Å². The van der Waals surface area contributed by atoms with E-state index >= 15 is 0 Å². The third-order valence-corrected chi connectivity index (χ3v) is 9.23. The first-order valence-electron chi connectivity index (χ1n) is 16.6. The molecule has 0 atom stereocenters. The Bertz CT molecular complexity index is 2560. The predicted octanol–water partition coefficient (Wildman–Crippen LogP) is 13.1. The molecule has 16 heteroatoms. The molecule has 0 aliphatic carbocycles. The Labute approximate surface area is 314 Å². The van der Waals surface area contributed by atoms with Crippen LogP contribution in [0.4, 0.5) is 52.7 Å². The van der Waals surface area contributed by atoms with Crippen LogP contribution in [0.1, 0.15) is 39.3 Å². The van der Waals surface area contributed by atoms with Crippen molar-refractivity contribution in [3.63, 3.8) is 0 Å². The van der Waals surface area contributed by atoms with Crippen LogP contribution in [0.2, 0.25) is 0 Å². The minimum atomic E-state index is -5.14. The minimum absolute atomic E-state index is 0.00657. The van der Waals surface area contributed by atoms with Crippen molar-refractivity contribution < 1.29 is 52.7 Å². The molecular weight excluding hydrogens is 776 g/mol. The summed E-state index contributed by atoms with van der Waals surface area (Å²) in [6.45, 7) is 3.32. The summed E-state index contributed by atoms with van der Waals surface area (Å²) >= 11 is 0. The number of halogens is 12. The van der Waals surface area contributed by atoms with Crippen LogP contribution in [0.25, 0.3) is 61.0 Å². The number of aryl methyl sites for hydroxylation is 2. The summed E-state index contributed by atoms with van der Waals surface area (Å²) in [7, 11) is 0. The summed E-state index contributed by atoms with van der Waals surface area (Å²) < 4.78 is 168. The Morgan fingerprint density at radius 3 is 1.32 bits per heavy atom. The van der Waals surface area contributed by atoms with Gasteiger partial charge in [0.2, 0.25) is 0 Å². The fourth-order valence-electron chi connectivity index (χ4n) is 6.73. The molecule has 0 spiro atoms. The third-order valence-electron chi connectivity index (χ3n) is 9.23. The zero-order valence-electron chi connectivity index (χ0n) is 29.1. The number of aromatic nitrogens is 3. The second kappa shape index (κ2) is 13.4. The Hall–Kier alpha value is -6.37. The van der Waals surface area contributed by atoms with Gasteiger partial charge in [-0.15, -0.1) is 0 Å². The fraction of sp³-hybridized carbons (Fsp3) is 0.146. The first-order valence-corrected chi connectivity index (χ1v) is 16.6. The number of nitriles is 1. The Balaban J connectivity index is 1.56. The second-order valence-corrected chi connectivity index (χ2v) is 13.2. The average Bonchev–Trinajstić information content (AvgIpc) is 3.45. The topological polar surface area (TPSA) is 54.5 Å². The lowest BCUT2D eigenvalue weighted by Gasteiger charge is -2.16. The molecule has 0 radical (unpaired) electrons. The average molecular weight is 799 g/mol. The van der Waals surface area contributed by atoms with Crippen LogP contribution in [0, 0.1) is 25.2 Å². The monoisotopic (exact) mass is 798 g/mol. The molecule has 2 heterocycles. The van der Waals surface area contributed by atoms with Crippen molar-refractivity contribution in [1.29, 1.82) is 5.26 Å². The number of nitrogens with zero attached hydrogens (tertiary/aromatic N) is 4. The molecule has 0 saturated heterocycles. The highest BCUT2D eigenvalue weighted by Gasteiger charge is 2.38. The molecule has 4 nitrogen and oxygen atoms in total. The number of hydrogen-bond acceptors (Lipinski definition) is 3. The number of alkyl halides is 12. The van der Waals surface area contributed by atoms with Crippen LogP contribution in [0.15, 0.2) is 97.1 Å². The molecule has 290 valence electrons. The molecule has 7 aromatic rings. The van der Waals surface area contributed by atoms with Crippen molar-refractivity contribution in [3.8, 4) is 45.3 Å². The van der Waals surface area contributed by atoms with E-state index in [1.807, 2.05) is 0 Å². The maximum absolute atomic E-state index is 13.8. The number of rotatable bonds is 4. The quantitative estimate of drug-likeness (QED) is 0.167. The van der Waals surface area contributed by atoms with E-state index in [0.29, 0.717) is 57.8 Å². The Morgan fingerprint density at radius 1 is 0.491 bits per heavy atom. The second-order valence-electron chi connectivity index (χ2n) is 13.2. The Kier molecular flexibility index (Phi) is 9.13. The van der Waals surface area contributed by atoms with E-state index in [-0.39, 0.29) is 45.5 Å². The van der Waals surface area contributed by atoms with Gasteiger partial charge in [-0.05, 0) is 109 Å². The zero-order chi connectivity index (χ0) is 41.4. The van der Waals surface area contributed by atoms with Gasteiger partial charge in [-0.2, -0.15) is 57.9 Å². The fourth-order valence-corrected chi connectivity index (χ4v) is 6.73. The van der Waals surface area contributed by atoms with Gasteiger partial charge in [0.05, 0.1) is 50.6 Å². The molecule has 0 aliphatic rings. The first kappa shape index (κ1) is 38.9. The molecule has 0 bridgehead atoms. The highest BCUT2D eigenvalue weighted by Crippen LogP contribution is 2.43. The first-order chi connectivity index (χ1) is 26.5. The van der Waals surface area contributed by atoms with E-state index in [4.69, 9.17) is 0 Å². The SMILES string of the molecule is Cc1cc(-c2cc(-n3c4cc(-c5cc(C(F)(F)F)cc(C(F)(F)F)c5)ccc4c4ccc(-c5cc(C(F)(F)F)cc(C(F)(F)F)c5)cc43)ccc2C#N)nc(C)n1. The van der Waals surface area contributed by atoms with E-state index in [1.54, 1.807) is 19.9 Å². The lowest BCUT2D eigenvalue weighted by molar-refractivity contribution is -0.144. The molecular formula is C41H22F12N4. The number of fused-ring (bicyclic) bond motifs is 3. The normalized spacial score (nSPS) is 12.7. The largest absolute Gasteiger partial charge is 0.416 e. The van der Waals surface area contributed by atoms with Crippen LogP contribution >= 0.6 is 0 Å². The van der Waals surface area contributed by atoms with Gasteiger partial charge < -0.3 is 4.57 Å². The molecule has 7 rings (SSSR count). The summed E-state index contributed by atoms with van der Waals surface area (Å²) in [6, 6.07) is 18.5. The maximum atomic E-state index is 13.8. The van der Waals surface area contributed by atoms with E-state index < -0.39 is 58.1 Å². The minimum Gasteiger partial charge on any atom is -0.309 e. The van der Waals surface area contributed by atoms with Crippen molar-refractivity contribution in [2.45, 2.75) is 38.6 Å². The van der Waals surface area contributed by atoms with Gasteiger partial charge in [0, 0.05) is 27.7 Å². The van der Waals surface area contributed by atoms with Crippen molar-refractivity contribution >= 4 is 21.8 Å². The zero-order valence-corrected chi connectivity index (χ0v) is 29.1. The van der Waals surface area contributed by atoms with Crippen molar-refractivity contribution in [2.75, 3.05) is 0 Å². The summed E-state index contributed by atoms with van der Waals surface area (Å²) in [6.07, 6.45) is -20.6. The van der Waals surface area contributed by atoms with Gasteiger partial charge in [-0.3, -0.25) is 0 Å². The third kappa shape index (κ3) is 7.49. The molecule has 0 unspecified atom stereocenters. The predicted molar refractivity (Wildman–Crippen MR) is 187 cm³/mol. The van der Waals surface area contributed by atoms with Gasteiger partial charge in [-0.25, -0.2) is 9.97 Å². The molecule has 0 amide bonds. The standard InChI is InChI=1S/C41H22F12N4/c1-20-9-35(56-21(2)55-20)34-18-31(6-3-24(34)19-54)57-36-14-22(25-10-27(38(42,43)44)16-28(11-25)39(45,46)47)4-7-32(36)33-8-5-23(15-37(33)57)26-12-29(40(48,49)50)17-30(13-26)41(51,52)53/h3-18H,1-2H3. The van der Waals surface area contributed by atoms with E-state index in [0.717, 1.165) is 0 Å². The smallest absolute Gasteiger partial charge is 0.309 e. The summed E-state index contributed by atoms with van der Waals surface area (Å²) in [5.74, 6) is 0.365. The molecule has 2 aromatic heterocycles. The van der Waals surface area contributed by atoms with Gasteiger partial charge >= 0.3 is 24.7 Å². The van der Waals surface area contributed by atoms with E-state index in [9.17, 15) is 57.9 Å². The molecule has 5 aromatic carbocycles. The summed E-state index contributed by atoms with van der Waals surface area (Å²) in [4.78, 5) is 8.69. The van der Waals surface area contributed by atoms with Crippen molar-refractivity contribution in [3.05, 3.63) is 136 Å². The van der Waals surface area contributed by atoms with Crippen molar-refractivity contribution in [1.82, 2.24) is 14.5 Å². The maximum Gasteiger partial charge on any atom is 0.416 e. The van der Waals surface area contributed by atoms with Crippen molar-refractivity contribution in [2.24, 2.45) is 0 Å². The molecule has 0 fully saturated rings. The van der Waals surface area contributed by atoms with Gasteiger partial charge in [0.1, 0.15) is 5.82 Å². The molecule has 57 heavy (non-hydrogen) atoms. The summed E-state index contributed by atoms with van der Waals surface area (Å²) in [5, 5.41) is 10.8. The highest BCUT2D eigenvalue weighted by atomic mass is 19.4.